The zero-order chi connectivity index (χ0) is 27.6. The van der Waals surface area contributed by atoms with Gasteiger partial charge in [-0.05, 0) is 74.1 Å². The van der Waals surface area contributed by atoms with E-state index in [-0.39, 0.29) is 10.8 Å². The molecule has 3 heterocycles. The maximum absolute atomic E-state index is 13.8. The van der Waals surface area contributed by atoms with Crippen LogP contribution in [0.4, 0.5) is 5.13 Å². The third-order valence-corrected chi connectivity index (χ3v) is 10.9. The highest BCUT2D eigenvalue weighted by Gasteiger charge is 2.29. The van der Waals surface area contributed by atoms with E-state index in [1.54, 1.807) is 33.5 Å². The van der Waals surface area contributed by atoms with Gasteiger partial charge in [0.25, 0.3) is 5.91 Å². The molecule has 2 saturated heterocycles. The summed E-state index contributed by atoms with van der Waals surface area (Å²) in [5.41, 5.74) is 2.12. The fourth-order valence-corrected chi connectivity index (χ4v) is 8.00. The van der Waals surface area contributed by atoms with E-state index in [1.165, 1.54) is 11.3 Å². The Kier molecular flexibility index (Phi) is 8.90. The van der Waals surface area contributed by atoms with Gasteiger partial charge in [-0.15, -0.1) is 0 Å². The SMILES string of the molecule is Cc1c(Cl)ccc2sc(N(CCCN3CCOCC3)C(=O)c3ccc(S(=O)(=O)N4CCCC(C)C4)cc3)nc12. The van der Waals surface area contributed by atoms with Gasteiger partial charge in [0.05, 0.1) is 28.3 Å². The number of fused-ring (bicyclic) bond motifs is 1. The predicted octanol–water partition coefficient (Wildman–Crippen LogP) is 5.05. The van der Waals surface area contributed by atoms with Crippen molar-refractivity contribution in [2.45, 2.75) is 38.0 Å². The summed E-state index contributed by atoms with van der Waals surface area (Å²) in [6.45, 7) is 9.65. The van der Waals surface area contributed by atoms with Crippen molar-refractivity contribution < 1.29 is 17.9 Å². The number of hydrogen-bond donors (Lipinski definition) is 0. The van der Waals surface area contributed by atoms with E-state index in [9.17, 15) is 13.2 Å². The third kappa shape index (κ3) is 6.31. The second-order valence-electron chi connectivity index (χ2n) is 10.4. The number of piperidine rings is 1. The van der Waals surface area contributed by atoms with Crippen LogP contribution in [-0.2, 0) is 14.8 Å². The molecule has 0 radical (unpaired) electrons. The average Bonchev–Trinajstić information content (AvgIpc) is 3.38. The lowest BCUT2D eigenvalue weighted by Gasteiger charge is -2.30. The lowest BCUT2D eigenvalue weighted by Crippen LogP contribution is -2.39. The summed E-state index contributed by atoms with van der Waals surface area (Å²) in [4.78, 5) is 22.9. The zero-order valence-corrected chi connectivity index (χ0v) is 24.8. The normalized spacial score (nSPS) is 19.4. The molecule has 0 aliphatic carbocycles. The van der Waals surface area contributed by atoms with E-state index in [0.717, 1.165) is 67.9 Å². The maximum Gasteiger partial charge on any atom is 0.260 e. The van der Waals surface area contributed by atoms with Crippen LogP contribution in [0.5, 0.6) is 0 Å². The summed E-state index contributed by atoms with van der Waals surface area (Å²) in [5, 5.41) is 1.26. The van der Waals surface area contributed by atoms with Gasteiger partial charge in [-0.3, -0.25) is 14.6 Å². The molecule has 1 atom stereocenters. The highest BCUT2D eigenvalue weighted by molar-refractivity contribution is 7.89. The zero-order valence-electron chi connectivity index (χ0n) is 22.4. The molecule has 0 bridgehead atoms. The first kappa shape index (κ1) is 28.4. The Hall–Kier alpha value is -2.08. The Balaban J connectivity index is 1.39. The molecule has 2 aliphatic rings. The van der Waals surface area contributed by atoms with E-state index in [4.69, 9.17) is 21.3 Å². The van der Waals surface area contributed by atoms with E-state index < -0.39 is 10.0 Å². The molecule has 3 aromatic rings. The molecule has 11 heteroatoms. The van der Waals surface area contributed by atoms with Gasteiger partial charge in [0.15, 0.2) is 5.13 Å². The number of carbonyl (C=O) groups excluding carboxylic acids is 1. The molecule has 0 saturated carbocycles. The Morgan fingerprint density at radius 1 is 1.15 bits per heavy atom. The van der Waals surface area contributed by atoms with E-state index >= 15 is 0 Å². The number of morpholine rings is 1. The largest absolute Gasteiger partial charge is 0.379 e. The van der Waals surface area contributed by atoms with Crippen molar-refractivity contribution in [3.05, 3.63) is 52.5 Å². The second-order valence-corrected chi connectivity index (χ2v) is 13.8. The number of aryl methyl sites for hydroxylation is 1. The number of thiazole rings is 1. The lowest BCUT2D eigenvalue weighted by atomic mass is 10.0. The van der Waals surface area contributed by atoms with Gasteiger partial charge < -0.3 is 4.74 Å². The van der Waals surface area contributed by atoms with E-state index in [2.05, 4.69) is 11.8 Å². The van der Waals surface area contributed by atoms with Crippen LogP contribution in [0.2, 0.25) is 5.02 Å². The molecular weight excluding hydrogens is 556 g/mol. The fraction of sp³-hybridized carbons (Fsp3) is 0.500. The predicted molar refractivity (Wildman–Crippen MR) is 157 cm³/mol. The van der Waals surface area contributed by atoms with Crippen molar-refractivity contribution in [3.63, 3.8) is 0 Å². The van der Waals surface area contributed by atoms with Crippen molar-refractivity contribution in [1.29, 1.82) is 0 Å². The molecule has 0 spiro atoms. The number of sulfonamides is 1. The Labute approximate surface area is 239 Å². The molecule has 210 valence electrons. The molecule has 0 N–H and O–H groups in total. The molecule has 1 unspecified atom stereocenters. The van der Waals surface area contributed by atoms with Gasteiger partial charge in [-0.1, -0.05) is 29.9 Å². The van der Waals surface area contributed by atoms with Gasteiger partial charge in [-0.25, -0.2) is 13.4 Å². The average molecular weight is 591 g/mol. The standard InChI is InChI=1S/C28H35ClN4O4S2/c1-20-5-3-13-32(19-20)39(35,36)23-8-6-22(7-9-23)27(34)33(14-4-12-31-15-17-37-18-16-31)28-30-26-21(2)24(29)10-11-25(26)38-28/h6-11,20H,3-5,12-19H2,1-2H3. The van der Waals surface area contributed by atoms with Crippen LogP contribution in [0.25, 0.3) is 10.2 Å². The molecule has 2 aliphatic heterocycles. The molecule has 1 aromatic heterocycles. The molecule has 8 nitrogen and oxygen atoms in total. The fourth-order valence-electron chi connectivity index (χ4n) is 5.20. The number of rotatable bonds is 8. The van der Waals surface area contributed by atoms with Crippen molar-refractivity contribution in [2.75, 3.05) is 57.4 Å². The summed E-state index contributed by atoms with van der Waals surface area (Å²) >= 11 is 7.80. The molecule has 39 heavy (non-hydrogen) atoms. The summed E-state index contributed by atoms with van der Waals surface area (Å²) in [5.74, 6) is 0.142. The molecular formula is C28H35ClN4O4S2. The number of nitrogens with zero attached hydrogens (tertiary/aromatic N) is 4. The third-order valence-electron chi connectivity index (χ3n) is 7.53. The van der Waals surface area contributed by atoms with Crippen LogP contribution in [-0.4, -0.2) is 81.0 Å². The maximum atomic E-state index is 13.8. The number of benzene rings is 2. The van der Waals surface area contributed by atoms with Crippen LogP contribution < -0.4 is 4.90 Å². The van der Waals surface area contributed by atoms with Gasteiger partial charge in [0, 0.05) is 49.9 Å². The van der Waals surface area contributed by atoms with Gasteiger partial charge in [0.2, 0.25) is 10.0 Å². The Morgan fingerprint density at radius 3 is 2.62 bits per heavy atom. The minimum atomic E-state index is -3.59. The topological polar surface area (TPSA) is 83.0 Å². The first-order valence-corrected chi connectivity index (χ1v) is 16.2. The summed E-state index contributed by atoms with van der Waals surface area (Å²) < 4.78 is 34.4. The van der Waals surface area contributed by atoms with Crippen LogP contribution in [0.1, 0.15) is 42.1 Å². The van der Waals surface area contributed by atoms with Gasteiger partial charge in [-0.2, -0.15) is 4.31 Å². The van der Waals surface area contributed by atoms with Crippen LogP contribution >= 0.6 is 22.9 Å². The number of ether oxygens (including phenoxy) is 1. The number of aromatic nitrogens is 1. The van der Waals surface area contributed by atoms with Crippen LogP contribution in [0.15, 0.2) is 41.3 Å². The summed E-state index contributed by atoms with van der Waals surface area (Å²) in [6, 6.07) is 10.1. The second kappa shape index (κ2) is 12.2. The number of halogens is 1. The molecule has 1 amide bonds. The monoisotopic (exact) mass is 590 g/mol. The first-order valence-electron chi connectivity index (χ1n) is 13.5. The molecule has 2 fully saturated rings. The van der Waals surface area contributed by atoms with E-state index in [0.29, 0.717) is 41.3 Å². The molecule has 5 rings (SSSR count). The lowest BCUT2D eigenvalue weighted by molar-refractivity contribution is 0.0376. The minimum Gasteiger partial charge on any atom is -0.379 e. The Morgan fingerprint density at radius 2 is 1.90 bits per heavy atom. The van der Waals surface area contributed by atoms with Gasteiger partial charge in [0.1, 0.15) is 0 Å². The first-order chi connectivity index (χ1) is 18.7. The van der Waals surface area contributed by atoms with Crippen LogP contribution in [0, 0.1) is 12.8 Å². The Bertz CT molecular complexity index is 1420. The highest BCUT2D eigenvalue weighted by atomic mass is 35.5. The summed E-state index contributed by atoms with van der Waals surface area (Å²) in [7, 11) is -3.59. The van der Waals surface area contributed by atoms with E-state index in [1.807, 2.05) is 19.1 Å². The van der Waals surface area contributed by atoms with Crippen molar-refractivity contribution in [1.82, 2.24) is 14.2 Å². The quantitative estimate of drug-likeness (QED) is 0.365. The van der Waals surface area contributed by atoms with Crippen molar-refractivity contribution in [2.24, 2.45) is 5.92 Å². The number of amides is 1. The number of carbonyl (C=O) groups is 1. The van der Waals surface area contributed by atoms with Crippen LogP contribution in [0.3, 0.4) is 0 Å². The number of anilines is 1. The minimum absolute atomic E-state index is 0.199. The van der Waals surface area contributed by atoms with Crippen molar-refractivity contribution >= 4 is 54.2 Å². The summed E-state index contributed by atoms with van der Waals surface area (Å²) in [6.07, 6.45) is 2.68. The highest BCUT2D eigenvalue weighted by Crippen LogP contribution is 2.34. The van der Waals surface area contributed by atoms with Crippen molar-refractivity contribution in [3.8, 4) is 0 Å². The number of hydrogen-bond acceptors (Lipinski definition) is 7. The smallest absolute Gasteiger partial charge is 0.260 e. The molecule has 2 aromatic carbocycles. The van der Waals surface area contributed by atoms with Gasteiger partial charge >= 0.3 is 0 Å².